The van der Waals surface area contributed by atoms with E-state index in [1.54, 1.807) is 31.0 Å². The summed E-state index contributed by atoms with van der Waals surface area (Å²) in [6, 6.07) is 16.8. The van der Waals surface area contributed by atoms with Gasteiger partial charge in [0.15, 0.2) is 5.82 Å². The maximum absolute atomic E-state index is 12.0. The van der Waals surface area contributed by atoms with Crippen molar-refractivity contribution in [3.05, 3.63) is 71.9 Å². The Morgan fingerprint density at radius 3 is 2.64 bits per heavy atom. The third-order valence-corrected chi connectivity index (χ3v) is 4.37. The predicted molar refractivity (Wildman–Crippen MR) is 94.5 cm³/mol. The summed E-state index contributed by atoms with van der Waals surface area (Å²) < 4.78 is 10.3. The minimum Gasteiger partial charge on any atom is -0.497 e. The van der Waals surface area contributed by atoms with Crippen molar-refractivity contribution >= 4 is 17.7 Å². The Bertz CT molecular complexity index is 819. The van der Waals surface area contributed by atoms with Gasteiger partial charge in [0.25, 0.3) is 5.91 Å². The van der Waals surface area contributed by atoms with Crippen molar-refractivity contribution < 1.29 is 14.1 Å². The lowest BCUT2D eigenvalue weighted by molar-refractivity contribution is 0.0949. The lowest BCUT2D eigenvalue weighted by Crippen LogP contribution is -2.23. The van der Waals surface area contributed by atoms with Crippen molar-refractivity contribution in [1.82, 2.24) is 15.5 Å². The fraction of sp³-hybridized carbons (Fsp3) is 0.167. The second-order valence-electron chi connectivity index (χ2n) is 5.12. The standard InChI is InChI=1S/C18H17N3O3S/c1-23-14-7-9-15(10-8-14)25-12-17-20-16(21-24-17)11-19-18(22)13-5-3-2-4-6-13/h2-10H,11-12H2,1H3,(H,19,22). The topological polar surface area (TPSA) is 77.2 Å². The van der Waals surface area contributed by atoms with E-state index in [-0.39, 0.29) is 12.5 Å². The molecule has 1 amide bonds. The van der Waals surface area contributed by atoms with Gasteiger partial charge in [-0.15, -0.1) is 11.8 Å². The summed E-state index contributed by atoms with van der Waals surface area (Å²) in [7, 11) is 1.64. The van der Waals surface area contributed by atoms with Crippen LogP contribution in [0.5, 0.6) is 5.75 Å². The van der Waals surface area contributed by atoms with Crippen LogP contribution in [0.4, 0.5) is 0 Å². The van der Waals surface area contributed by atoms with Gasteiger partial charge < -0.3 is 14.6 Å². The molecule has 0 saturated carbocycles. The molecule has 25 heavy (non-hydrogen) atoms. The summed E-state index contributed by atoms with van der Waals surface area (Å²) >= 11 is 1.59. The monoisotopic (exact) mass is 355 g/mol. The number of amides is 1. The molecule has 0 aliphatic carbocycles. The fourth-order valence-electron chi connectivity index (χ4n) is 2.09. The van der Waals surface area contributed by atoms with Crippen molar-refractivity contribution in [2.45, 2.75) is 17.2 Å². The highest BCUT2D eigenvalue weighted by Crippen LogP contribution is 2.24. The van der Waals surface area contributed by atoms with Crippen LogP contribution in [0.1, 0.15) is 22.1 Å². The Morgan fingerprint density at radius 1 is 1.16 bits per heavy atom. The van der Waals surface area contributed by atoms with E-state index in [1.807, 2.05) is 42.5 Å². The number of hydrogen-bond donors (Lipinski definition) is 1. The first kappa shape index (κ1) is 17.0. The van der Waals surface area contributed by atoms with Crippen molar-refractivity contribution in [2.24, 2.45) is 0 Å². The Kier molecular flexibility index (Phi) is 5.69. The SMILES string of the molecule is COc1ccc(SCc2nc(CNC(=O)c3ccccc3)no2)cc1. The lowest BCUT2D eigenvalue weighted by atomic mass is 10.2. The molecular formula is C18H17N3O3S. The number of thioether (sulfide) groups is 1. The Balaban J connectivity index is 1.49. The number of aromatic nitrogens is 2. The highest BCUT2D eigenvalue weighted by molar-refractivity contribution is 7.98. The second kappa shape index (κ2) is 8.34. The molecule has 0 aliphatic rings. The number of nitrogens with one attached hydrogen (secondary N) is 1. The van der Waals surface area contributed by atoms with Crippen LogP contribution in [-0.4, -0.2) is 23.2 Å². The summed E-state index contributed by atoms with van der Waals surface area (Å²) in [5.41, 5.74) is 0.598. The molecule has 3 aromatic rings. The highest BCUT2D eigenvalue weighted by Gasteiger charge is 2.09. The highest BCUT2D eigenvalue weighted by atomic mass is 32.2. The van der Waals surface area contributed by atoms with E-state index in [9.17, 15) is 4.79 Å². The molecule has 1 heterocycles. The van der Waals surface area contributed by atoms with E-state index >= 15 is 0 Å². The van der Waals surface area contributed by atoms with Crippen LogP contribution in [0, 0.1) is 0 Å². The molecule has 3 rings (SSSR count). The average Bonchev–Trinajstić information content (AvgIpc) is 3.13. The number of benzene rings is 2. The van der Waals surface area contributed by atoms with Gasteiger partial charge in [0, 0.05) is 10.5 Å². The van der Waals surface area contributed by atoms with E-state index in [2.05, 4.69) is 15.5 Å². The maximum atomic E-state index is 12.0. The van der Waals surface area contributed by atoms with Gasteiger partial charge in [0.1, 0.15) is 5.75 Å². The van der Waals surface area contributed by atoms with E-state index in [0.29, 0.717) is 23.0 Å². The smallest absolute Gasteiger partial charge is 0.251 e. The van der Waals surface area contributed by atoms with Crippen LogP contribution in [0.15, 0.2) is 64.0 Å². The van der Waals surface area contributed by atoms with Crippen LogP contribution in [0.25, 0.3) is 0 Å². The summed E-state index contributed by atoms with van der Waals surface area (Å²) in [4.78, 5) is 17.3. The van der Waals surface area contributed by atoms with Gasteiger partial charge in [0.05, 0.1) is 19.4 Å². The molecule has 0 radical (unpaired) electrons. The van der Waals surface area contributed by atoms with E-state index in [0.717, 1.165) is 10.6 Å². The Labute approximate surface area is 149 Å². The van der Waals surface area contributed by atoms with Gasteiger partial charge in [-0.2, -0.15) is 4.98 Å². The number of carbonyl (C=O) groups is 1. The van der Waals surface area contributed by atoms with Gasteiger partial charge in [0.2, 0.25) is 5.89 Å². The summed E-state index contributed by atoms with van der Waals surface area (Å²) in [5.74, 6) is 2.18. The van der Waals surface area contributed by atoms with Gasteiger partial charge in [-0.3, -0.25) is 4.79 Å². The number of ether oxygens (including phenoxy) is 1. The zero-order valence-electron chi connectivity index (χ0n) is 13.6. The lowest BCUT2D eigenvalue weighted by Gasteiger charge is -2.01. The van der Waals surface area contributed by atoms with Crippen LogP contribution in [-0.2, 0) is 12.3 Å². The maximum Gasteiger partial charge on any atom is 0.251 e. The molecule has 0 spiro atoms. The molecule has 0 saturated heterocycles. The fourth-order valence-corrected chi connectivity index (χ4v) is 2.82. The summed E-state index contributed by atoms with van der Waals surface area (Å²) in [5, 5.41) is 6.66. The third kappa shape index (κ3) is 4.84. The first-order chi connectivity index (χ1) is 12.2. The van der Waals surface area contributed by atoms with Gasteiger partial charge >= 0.3 is 0 Å². The first-order valence-corrected chi connectivity index (χ1v) is 8.65. The normalized spacial score (nSPS) is 10.4. The molecule has 0 bridgehead atoms. The summed E-state index contributed by atoms with van der Waals surface area (Å²) in [6.07, 6.45) is 0. The minimum absolute atomic E-state index is 0.167. The van der Waals surface area contributed by atoms with Crippen molar-refractivity contribution in [3.63, 3.8) is 0 Å². The van der Waals surface area contributed by atoms with E-state index < -0.39 is 0 Å². The molecule has 7 heteroatoms. The zero-order chi connectivity index (χ0) is 17.5. The van der Waals surface area contributed by atoms with Gasteiger partial charge in [-0.25, -0.2) is 0 Å². The number of nitrogens with zero attached hydrogens (tertiary/aromatic N) is 2. The van der Waals surface area contributed by atoms with Gasteiger partial charge in [-0.1, -0.05) is 23.4 Å². The molecule has 0 unspecified atom stereocenters. The van der Waals surface area contributed by atoms with Crippen LogP contribution >= 0.6 is 11.8 Å². The van der Waals surface area contributed by atoms with Crippen molar-refractivity contribution in [2.75, 3.05) is 7.11 Å². The van der Waals surface area contributed by atoms with Crippen molar-refractivity contribution in [1.29, 1.82) is 0 Å². The molecule has 0 aliphatic heterocycles. The van der Waals surface area contributed by atoms with Crippen LogP contribution in [0.3, 0.4) is 0 Å². The molecule has 2 aromatic carbocycles. The number of methoxy groups -OCH3 is 1. The van der Waals surface area contributed by atoms with Gasteiger partial charge in [-0.05, 0) is 36.4 Å². The molecule has 128 valence electrons. The number of hydrogen-bond acceptors (Lipinski definition) is 6. The quantitative estimate of drug-likeness (QED) is 0.655. The van der Waals surface area contributed by atoms with Crippen LogP contribution in [0.2, 0.25) is 0 Å². The molecule has 1 N–H and O–H groups in total. The predicted octanol–water partition coefficient (Wildman–Crippen LogP) is 3.30. The largest absolute Gasteiger partial charge is 0.497 e. The van der Waals surface area contributed by atoms with Crippen molar-refractivity contribution in [3.8, 4) is 5.75 Å². The Morgan fingerprint density at radius 2 is 1.92 bits per heavy atom. The summed E-state index contributed by atoms with van der Waals surface area (Å²) in [6.45, 7) is 0.227. The minimum atomic E-state index is -0.167. The Hall–Kier alpha value is -2.80. The third-order valence-electron chi connectivity index (χ3n) is 3.37. The molecule has 1 aromatic heterocycles. The first-order valence-electron chi connectivity index (χ1n) is 7.66. The van der Waals surface area contributed by atoms with Crippen LogP contribution < -0.4 is 10.1 Å². The number of rotatable bonds is 7. The zero-order valence-corrected chi connectivity index (χ0v) is 14.5. The van der Waals surface area contributed by atoms with E-state index in [4.69, 9.17) is 9.26 Å². The molecular weight excluding hydrogens is 338 g/mol. The average molecular weight is 355 g/mol. The second-order valence-corrected chi connectivity index (χ2v) is 6.17. The molecule has 0 fully saturated rings. The number of carbonyl (C=O) groups excluding carboxylic acids is 1. The molecule has 6 nitrogen and oxygen atoms in total. The van der Waals surface area contributed by atoms with E-state index in [1.165, 1.54) is 0 Å². The molecule has 0 atom stereocenters.